The molecule has 0 aromatic heterocycles. The Bertz CT molecular complexity index is 1600. The second-order valence-corrected chi connectivity index (χ2v) is 13.2. The van der Waals surface area contributed by atoms with Crippen LogP contribution in [-0.2, 0) is 0 Å². The number of rotatable bonds is 6. The fraction of sp³-hybridized carbons (Fsp3) is 0. The molecule has 0 aliphatic rings. The molecule has 0 heterocycles. The average molecular weight is 613 g/mol. The van der Waals surface area contributed by atoms with Crippen LogP contribution in [0.2, 0.25) is 0 Å². The number of hydrogen-bond acceptors (Lipinski definition) is 4. The minimum atomic E-state index is -1.91. The second kappa shape index (κ2) is 15.7. The summed E-state index contributed by atoms with van der Waals surface area (Å²) in [6.07, 6.45) is 0. The SMILES string of the molecule is NC(=O)c1ccccc1O.NC(=O)c1ccccc1[O-].c1ccc([P+](c2ccccc2)(c2ccccc2)c2ccccc2)cc1. The van der Waals surface area contributed by atoms with Gasteiger partial charge in [-0.25, -0.2) is 0 Å². The first-order chi connectivity index (χ1) is 21.9. The molecule has 2 amide bonds. The van der Waals surface area contributed by atoms with E-state index in [1.54, 1.807) is 24.3 Å². The van der Waals surface area contributed by atoms with Crippen molar-refractivity contribution in [3.8, 4) is 11.5 Å². The summed E-state index contributed by atoms with van der Waals surface area (Å²) in [5, 5.41) is 25.3. The summed E-state index contributed by atoms with van der Waals surface area (Å²) >= 11 is 0. The van der Waals surface area contributed by atoms with Crippen LogP contribution in [0.15, 0.2) is 170 Å². The molecule has 0 bridgehead atoms. The van der Waals surface area contributed by atoms with E-state index < -0.39 is 19.1 Å². The van der Waals surface area contributed by atoms with Crippen molar-refractivity contribution >= 4 is 40.3 Å². The first-order valence-electron chi connectivity index (χ1n) is 14.1. The summed E-state index contributed by atoms with van der Waals surface area (Å²) < 4.78 is 0. The third-order valence-electron chi connectivity index (χ3n) is 6.90. The molecule has 6 nitrogen and oxygen atoms in total. The maximum absolute atomic E-state index is 10.8. The number of primary amides is 2. The van der Waals surface area contributed by atoms with E-state index in [1.807, 2.05) is 0 Å². The molecular formula is C38H33N2O4P. The molecule has 0 radical (unpaired) electrons. The summed E-state index contributed by atoms with van der Waals surface area (Å²) in [6, 6.07) is 55.9. The largest absolute Gasteiger partial charge is 0.872 e. The van der Waals surface area contributed by atoms with Gasteiger partial charge in [0, 0.05) is 5.56 Å². The highest BCUT2D eigenvalue weighted by molar-refractivity contribution is 8.01. The van der Waals surface area contributed by atoms with Gasteiger partial charge in [-0.2, -0.15) is 0 Å². The van der Waals surface area contributed by atoms with E-state index in [-0.39, 0.29) is 22.6 Å². The number of aromatic hydroxyl groups is 1. The van der Waals surface area contributed by atoms with Crippen molar-refractivity contribution < 1.29 is 19.8 Å². The van der Waals surface area contributed by atoms with Crippen LogP contribution >= 0.6 is 7.26 Å². The van der Waals surface area contributed by atoms with Crippen molar-refractivity contribution in [2.45, 2.75) is 0 Å². The predicted octanol–water partition coefficient (Wildman–Crippen LogP) is 4.66. The lowest BCUT2D eigenvalue weighted by Crippen LogP contribution is -2.38. The molecule has 6 rings (SSSR count). The van der Waals surface area contributed by atoms with Crippen molar-refractivity contribution in [1.82, 2.24) is 0 Å². The Hall–Kier alpha value is -5.71. The molecule has 0 spiro atoms. The van der Waals surface area contributed by atoms with E-state index >= 15 is 0 Å². The van der Waals surface area contributed by atoms with Crippen LogP contribution < -0.4 is 37.8 Å². The van der Waals surface area contributed by atoms with Gasteiger partial charge < -0.3 is 21.7 Å². The van der Waals surface area contributed by atoms with Gasteiger partial charge in [-0.15, -0.1) is 0 Å². The van der Waals surface area contributed by atoms with Crippen molar-refractivity contribution in [3.05, 3.63) is 181 Å². The molecule has 6 aromatic carbocycles. The van der Waals surface area contributed by atoms with Gasteiger partial charge in [0.2, 0.25) is 5.91 Å². The maximum Gasteiger partial charge on any atom is 0.252 e. The van der Waals surface area contributed by atoms with E-state index in [1.165, 1.54) is 45.5 Å². The molecular weight excluding hydrogens is 579 g/mol. The fourth-order valence-electron chi connectivity index (χ4n) is 4.85. The monoisotopic (exact) mass is 612 g/mol. The second-order valence-electron chi connectivity index (χ2n) is 9.75. The maximum atomic E-state index is 10.8. The van der Waals surface area contributed by atoms with Crippen molar-refractivity contribution in [1.29, 1.82) is 0 Å². The number of nitrogens with two attached hydrogens (primary N) is 2. The quantitative estimate of drug-likeness (QED) is 0.236. The Labute approximate surface area is 263 Å². The van der Waals surface area contributed by atoms with Gasteiger partial charge in [0.1, 0.15) is 34.2 Å². The highest BCUT2D eigenvalue weighted by Gasteiger charge is 2.47. The molecule has 45 heavy (non-hydrogen) atoms. The van der Waals surface area contributed by atoms with Gasteiger partial charge in [-0.3, -0.25) is 9.59 Å². The third-order valence-corrected chi connectivity index (χ3v) is 11.2. The highest BCUT2D eigenvalue weighted by Crippen LogP contribution is 2.53. The van der Waals surface area contributed by atoms with Crippen LogP contribution in [0.4, 0.5) is 0 Å². The molecule has 0 saturated heterocycles. The van der Waals surface area contributed by atoms with E-state index in [4.69, 9.17) is 16.6 Å². The Morgan fingerprint density at radius 3 is 1.00 bits per heavy atom. The first-order valence-corrected chi connectivity index (χ1v) is 15.9. The summed E-state index contributed by atoms with van der Waals surface area (Å²) in [7, 11) is -1.91. The molecule has 5 N–H and O–H groups in total. The van der Waals surface area contributed by atoms with Gasteiger partial charge in [-0.1, -0.05) is 115 Å². The molecule has 0 saturated carbocycles. The lowest BCUT2D eigenvalue weighted by atomic mass is 10.2. The van der Waals surface area contributed by atoms with Crippen molar-refractivity contribution in [3.63, 3.8) is 0 Å². The van der Waals surface area contributed by atoms with Gasteiger partial charge in [0.05, 0.1) is 5.56 Å². The molecule has 0 atom stereocenters. The van der Waals surface area contributed by atoms with E-state index in [2.05, 4.69) is 121 Å². The average Bonchev–Trinajstić information content (AvgIpc) is 3.08. The number of para-hydroxylation sites is 2. The van der Waals surface area contributed by atoms with E-state index in [0.717, 1.165) is 0 Å². The lowest BCUT2D eigenvalue weighted by molar-refractivity contribution is -0.268. The lowest BCUT2D eigenvalue weighted by Gasteiger charge is -2.27. The number of carbonyl (C=O) groups is 2. The van der Waals surface area contributed by atoms with Crippen LogP contribution in [0.3, 0.4) is 0 Å². The molecule has 0 aliphatic heterocycles. The highest BCUT2D eigenvalue weighted by atomic mass is 31.2. The van der Waals surface area contributed by atoms with Crippen LogP contribution in [0.1, 0.15) is 20.7 Å². The predicted molar refractivity (Wildman–Crippen MR) is 182 cm³/mol. The number of benzene rings is 6. The summed E-state index contributed by atoms with van der Waals surface area (Å²) in [4.78, 5) is 20.9. The smallest absolute Gasteiger partial charge is 0.252 e. The van der Waals surface area contributed by atoms with Gasteiger partial charge in [0.25, 0.3) is 5.91 Å². The van der Waals surface area contributed by atoms with Gasteiger partial charge >= 0.3 is 0 Å². The number of phenols is 1. The molecule has 0 aliphatic carbocycles. The standard InChI is InChI=1S/C24H20P.2C7H7NO2/c1-5-13-21(14-6-1)25(22-15-7-2-8-16-22,23-17-9-3-10-18-23)24-19-11-4-12-20-24;2*8-7(10)5-3-1-2-4-6(5)9/h1-20H;2*1-4,9H,(H2,8,10)/q+1;;/p-1. The molecule has 0 unspecified atom stereocenters. The zero-order chi connectivity index (χ0) is 32.1. The molecule has 6 aromatic rings. The number of hydrogen-bond donors (Lipinski definition) is 3. The topological polar surface area (TPSA) is 129 Å². The molecule has 224 valence electrons. The summed E-state index contributed by atoms with van der Waals surface area (Å²) in [6.45, 7) is 0. The fourth-order valence-corrected chi connectivity index (χ4v) is 9.12. The Morgan fingerprint density at radius 2 is 0.733 bits per heavy atom. The van der Waals surface area contributed by atoms with Crippen LogP contribution in [0.25, 0.3) is 0 Å². The van der Waals surface area contributed by atoms with Crippen molar-refractivity contribution in [2.24, 2.45) is 11.5 Å². The van der Waals surface area contributed by atoms with E-state index in [9.17, 15) is 14.7 Å². The Morgan fingerprint density at radius 1 is 0.444 bits per heavy atom. The summed E-state index contributed by atoms with van der Waals surface area (Å²) in [5.41, 5.74) is 9.99. The van der Waals surface area contributed by atoms with Crippen LogP contribution in [0.5, 0.6) is 11.5 Å². The third kappa shape index (κ3) is 7.82. The Balaban J connectivity index is 0.000000189. The van der Waals surface area contributed by atoms with Crippen LogP contribution in [-0.4, -0.2) is 16.9 Å². The van der Waals surface area contributed by atoms with Gasteiger partial charge in [0.15, 0.2) is 0 Å². The van der Waals surface area contributed by atoms with E-state index in [0.29, 0.717) is 0 Å². The minimum Gasteiger partial charge on any atom is -0.872 e. The zero-order valence-electron chi connectivity index (χ0n) is 24.4. The van der Waals surface area contributed by atoms with Crippen LogP contribution in [0, 0.1) is 0 Å². The molecule has 7 heteroatoms. The van der Waals surface area contributed by atoms with Crippen molar-refractivity contribution in [2.75, 3.05) is 0 Å². The number of amides is 2. The first kappa shape index (κ1) is 32.2. The minimum absolute atomic E-state index is 0.0440. The normalized spacial score (nSPS) is 10.3. The zero-order valence-corrected chi connectivity index (χ0v) is 25.3. The van der Waals surface area contributed by atoms with Gasteiger partial charge in [-0.05, 0) is 60.7 Å². The number of carbonyl (C=O) groups excluding carboxylic acids is 2. The Kier molecular flexibility index (Phi) is 11.2. The summed E-state index contributed by atoms with van der Waals surface area (Å²) in [5.74, 6) is -1.69. The molecule has 0 fully saturated rings.